The van der Waals surface area contributed by atoms with Gasteiger partial charge in [0.15, 0.2) is 0 Å². The first kappa shape index (κ1) is 26.5. The lowest BCUT2D eigenvalue weighted by Crippen LogP contribution is -2.60. The van der Waals surface area contributed by atoms with Crippen molar-refractivity contribution in [3.05, 3.63) is 35.9 Å². The lowest BCUT2D eigenvalue weighted by Gasteiger charge is -2.52. The van der Waals surface area contributed by atoms with E-state index in [0.717, 1.165) is 32.1 Å². The lowest BCUT2D eigenvalue weighted by molar-refractivity contribution is -0.178. The molecule has 1 N–H and O–H groups in total. The molecule has 1 aromatic rings. The smallest absolute Gasteiger partial charge is 0.320 e. The zero-order valence-corrected chi connectivity index (χ0v) is 22.0. The number of fused-ring (bicyclic) bond motifs is 1. The van der Waals surface area contributed by atoms with Gasteiger partial charge in [-0.15, -0.1) is 0 Å². The normalized spacial score (nSPS) is 28.7. The van der Waals surface area contributed by atoms with Gasteiger partial charge in [-0.3, -0.25) is 14.4 Å². The molecule has 8 nitrogen and oxygen atoms in total. The summed E-state index contributed by atoms with van der Waals surface area (Å²) in [5.74, 6) is -0.0309. The molecule has 4 atom stereocenters. The molecule has 4 rings (SSSR count). The summed E-state index contributed by atoms with van der Waals surface area (Å²) < 4.78 is 17.4. The maximum absolute atomic E-state index is 13.9. The number of rotatable bonds is 9. The van der Waals surface area contributed by atoms with E-state index in [1.165, 1.54) is 7.11 Å². The molecule has 1 saturated carbocycles. The fourth-order valence-corrected chi connectivity index (χ4v) is 6.07. The molecule has 3 aliphatic rings. The maximum atomic E-state index is 13.9. The van der Waals surface area contributed by atoms with Gasteiger partial charge in [0.25, 0.3) is 0 Å². The number of nitrogens with one attached hydrogen (secondary N) is 1. The first-order valence-electron chi connectivity index (χ1n) is 13.3. The molecule has 0 spiro atoms. The molecule has 8 heteroatoms. The number of ether oxygens (including phenoxy) is 2. The minimum Gasteiger partial charge on any atom is -0.468 e. The summed E-state index contributed by atoms with van der Waals surface area (Å²) in [5.41, 5.74) is -0.546. The summed E-state index contributed by atoms with van der Waals surface area (Å²) in [6.45, 7) is 6.84. The number of carbonyl (C=O) groups excluding carboxylic acids is 3. The minimum atomic E-state index is -1.17. The molecule has 1 aromatic heterocycles. The van der Waals surface area contributed by atoms with Crippen LogP contribution in [-0.2, 0) is 30.4 Å². The van der Waals surface area contributed by atoms with E-state index in [2.05, 4.69) is 19.2 Å². The van der Waals surface area contributed by atoms with E-state index in [4.69, 9.17) is 13.9 Å². The third-order valence-electron chi connectivity index (χ3n) is 8.09. The van der Waals surface area contributed by atoms with E-state index in [1.807, 2.05) is 19.1 Å². The van der Waals surface area contributed by atoms with E-state index in [-0.39, 0.29) is 37.3 Å². The van der Waals surface area contributed by atoms with Crippen LogP contribution in [-0.4, -0.2) is 48.5 Å². The number of esters is 1. The average Bonchev–Trinajstić information content (AvgIpc) is 3.56. The molecular weight excluding hydrogens is 460 g/mol. The first-order chi connectivity index (χ1) is 17.3. The quantitative estimate of drug-likeness (QED) is 0.511. The fourth-order valence-electron chi connectivity index (χ4n) is 6.07. The van der Waals surface area contributed by atoms with E-state index in [0.29, 0.717) is 29.8 Å². The molecule has 1 saturated heterocycles. The van der Waals surface area contributed by atoms with Gasteiger partial charge in [0.2, 0.25) is 11.8 Å². The van der Waals surface area contributed by atoms with Gasteiger partial charge in [-0.2, -0.15) is 0 Å². The van der Waals surface area contributed by atoms with Crippen LogP contribution in [0.15, 0.2) is 34.6 Å². The van der Waals surface area contributed by atoms with Crippen molar-refractivity contribution >= 4 is 17.8 Å². The summed E-state index contributed by atoms with van der Waals surface area (Å²) in [7, 11) is 1.37. The highest BCUT2D eigenvalue weighted by molar-refractivity contribution is 5.92. The van der Waals surface area contributed by atoms with Crippen molar-refractivity contribution in [1.29, 1.82) is 0 Å². The van der Waals surface area contributed by atoms with E-state index in [1.54, 1.807) is 17.2 Å². The Morgan fingerprint density at radius 2 is 2.03 bits per heavy atom. The standard InChI is InChI=1S/C28H40N2O6/c1-18(2)11-12-29-25(31)14-21-16-28(27(33)34-4)19(3)36-23(20-8-5-6-9-20)15-24(28)30(26(21)32)17-22-10-7-13-35-22/h7,10,13,15,18-21,23H,5-6,8-9,11-12,14,16-17H2,1-4H3,(H,29,31)/t19-,21+,23-,28+/m1/s1. The topological polar surface area (TPSA) is 98.1 Å². The number of amides is 2. The molecule has 36 heavy (non-hydrogen) atoms. The van der Waals surface area contributed by atoms with Crippen LogP contribution < -0.4 is 5.32 Å². The Morgan fingerprint density at radius 1 is 1.28 bits per heavy atom. The molecule has 2 aliphatic heterocycles. The summed E-state index contributed by atoms with van der Waals surface area (Å²) in [6, 6.07) is 3.59. The molecule has 198 valence electrons. The zero-order chi connectivity index (χ0) is 25.9. The van der Waals surface area contributed by atoms with Crippen LogP contribution in [0.1, 0.15) is 71.5 Å². The summed E-state index contributed by atoms with van der Waals surface area (Å²) in [6.07, 6.45) is 8.38. The van der Waals surface area contributed by atoms with E-state index < -0.39 is 23.4 Å². The van der Waals surface area contributed by atoms with Gasteiger partial charge in [-0.05, 0) is 62.7 Å². The highest BCUT2D eigenvalue weighted by Gasteiger charge is 2.60. The lowest BCUT2D eigenvalue weighted by atomic mass is 9.66. The Labute approximate surface area is 213 Å². The van der Waals surface area contributed by atoms with Crippen molar-refractivity contribution in [2.45, 2.75) is 84.5 Å². The Kier molecular flexibility index (Phi) is 8.23. The van der Waals surface area contributed by atoms with E-state index in [9.17, 15) is 14.4 Å². The Hall–Kier alpha value is -2.61. The van der Waals surface area contributed by atoms with Crippen LogP contribution in [0.2, 0.25) is 0 Å². The highest BCUT2D eigenvalue weighted by Crippen LogP contribution is 2.52. The first-order valence-corrected chi connectivity index (χ1v) is 13.3. The van der Waals surface area contributed by atoms with Crippen LogP contribution >= 0.6 is 0 Å². The number of piperidine rings is 1. The number of hydrogen-bond acceptors (Lipinski definition) is 6. The van der Waals surface area contributed by atoms with Crippen molar-refractivity contribution in [2.75, 3.05) is 13.7 Å². The van der Waals surface area contributed by atoms with Crippen molar-refractivity contribution in [1.82, 2.24) is 10.2 Å². The van der Waals surface area contributed by atoms with Gasteiger partial charge >= 0.3 is 5.97 Å². The summed E-state index contributed by atoms with van der Waals surface area (Å²) in [4.78, 5) is 41.8. The average molecular weight is 501 g/mol. The zero-order valence-electron chi connectivity index (χ0n) is 22.0. The van der Waals surface area contributed by atoms with Crippen molar-refractivity contribution in [2.24, 2.45) is 23.2 Å². The summed E-state index contributed by atoms with van der Waals surface area (Å²) in [5, 5.41) is 2.94. The van der Waals surface area contributed by atoms with Crippen LogP contribution in [0, 0.1) is 23.2 Å². The third kappa shape index (κ3) is 5.24. The van der Waals surface area contributed by atoms with Crippen molar-refractivity contribution in [3.8, 4) is 0 Å². The van der Waals surface area contributed by atoms with Crippen LogP contribution in [0.4, 0.5) is 0 Å². The van der Waals surface area contributed by atoms with Gasteiger partial charge in [0.1, 0.15) is 11.2 Å². The van der Waals surface area contributed by atoms with Gasteiger partial charge < -0.3 is 24.1 Å². The second kappa shape index (κ2) is 11.2. The van der Waals surface area contributed by atoms with Crippen LogP contribution in [0.3, 0.4) is 0 Å². The van der Waals surface area contributed by atoms with Gasteiger partial charge in [-0.1, -0.05) is 26.7 Å². The van der Waals surface area contributed by atoms with Crippen molar-refractivity contribution < 1.29 is 28.3 Å². The fraction of sp³-hybridized carbons (Fsp3) is 0.679. The molecule has 2 amide bonds. The van der Waals surface area contributed by atoms with Crippen LogP contribution in [0.5, 0.6) is 0 Å². The monoisotopic (exact) mass is 500 g/mol. The second-order valence-corrected chi connectivity index (χ2v) is 10.9. The number of nitrogens with zero attached hydrogens (tertiary/aromatic N) is 1. The largest absolute Gasteiger partial charge is 0.468 e. The minimum absolute atomic E-state index is 0.0103. The second-order valence-electron chi connectivity index (χ2n) is 10.9. The summed E-state index contributed by atoms with van der Waals surface area (Å²) >= 11 is 0. The Balaban J connectivity index is 1.69. The maximum Gasteiger partial charge on any atom is 0.320 e. The van der Waals surface area contributed by atoms with Gasteiger partial charge in [0.05, 0.1) is 32.1 Å². The molecule has 0 unspecified atom stereocenters. The number of carbonyl (C=O) groups is 3. The molecule has 0 aromatic carbocycles. The molecular formula is C28H40N2O6. The van der Waals surface area contributed by atoms with Gasteiger partial charge in [0, 0.05) is 24.6 Å². The number of furan rings is 1. The highest BCUT2D eigenvalue weighted by atomic mass is 16.5. The Bertz CT molecular complexity index is 965. The Morgan fingerprint density at radius 3 is 2.67 bits per heavy atom. The van der Waals surface area contributed by atoms with Crippen LogP contribution in [0.25, 0.3) is 0 Å². The molecule has 3 heterocycles. The van der Waals surface area contributed by atoms with Gasteiger partial charge in [-0.25, -0.2) is 0 Å². The molecule has 2 fully saturated rings. The number of methoxy groups -OCH3 is 1. The predicted octanol–water partition coefficient (Wildman–Crippen LogP) is 4.20. The predicted molar refractivity (Wildman–Crippen MR) is 133 cm³/mol. The van der Waals surface area contributed by atoms with Crippen molar-refractivity contribution in [3.63, 3.8) is 0 Å². The molecule has 0 radical (unpaired) electrons. The SMILES string of the molecule is COC(=O)[C@]12C[C@H](CC(=O)NCCC(C)C)C(=O)N(Cc3ccco3)C1=C[C@H](C1CCCC1)O[C@@H]2C. The molecule has 0 bridgehead atoms. The molecule has 1 aliphatic carbocycles. The van der Waals surface area contributed by atoms with E-state index >= 15 is 0 Å². The number of hydrogen-bond donors (Lipinski definition) is 1. The third-order valence-corrected chi connectivity index (χ3v) is 8.09. The number of likely N-dealkylation sites (tertiary alicyclic amines) is 1.